The van der Waals surface area contributed by atoms with Crippen molar-refractivity contribution < 1.29 is 4.79 Å². The summed E-state index contributed by atoms with van der Waals surface area (Å²) in [7, 11) is 0. The number of alkyl halides is 1. The summed E-state index contributed by atoms with van der Waals surface area (Å²) < 4.78 is 0. The molecule has 1 amide bonds. The van der Waals surface area contributed by atoms with Crippen LogP contribution in [0.15, 0.2) is 0 Å². The second-order valence-electron chi connectivity index (χ2n) is 3.83. The van der Waals surface area contributed by atoms with Gasteiger partial charge in [0, 0.05) is 17.8 Å². The van der Waals surface area contributed by atoms with E-state index in [2.05, 4.69) is 12.2 Å². The molecule has 76 valence electrons. The Bertz CT molecular complexity index is 172. The largest absolute Gasteiger partial charge is 0.351 e. The summed E-state index contributed by atoms with van der Waals surface area (Å²) >= 11 is 5.52. The number of amides is 1. The molecule has 0 unspecified atom stereocenters. The second-order valence-corrected chi connectivity index (χ2v) is 4.21. The first kappa shape index (κ1) is 10.8. The van der Waals surface area contributed by atoms with E-state index >= 15 is 0 Å². The van der Waals surface area contributed by atoms with Gasteiger partial charge in [0.1, 0.15) is 0 Å². The summed E-state index contributed by atoms with van der Waals surface area (Å²) in [6, 6.07) is 0. The third-order valence-corrected chi connectivity index (χ3v) is 3.20. The molecule has 13 heavy (non-hydrogen) atoms. The minimum absolute atomic E-state index is 0.142. The van der Waals surface area contributed by atoms with Gasteiger partial charge in [0.05, 0.1) is 0 Å². The zero-order valence-corrected chi connectivity index (χ0v) is 8.99. The maximum atomic E-state index is 11.4. The van der Waals surface area contributed by atoms with E-state index in [0.29, 0.717) is 12.3 Å². The van der Waals surface area contributed by atoms with E-state index in [1.807, 2.05) is 0 Å². The van der Waals surface area contributed by atoms with Gasteiger partial charge in [-0.25, -0.2) is 0 Å². The fourth-order valence-electron chi connectivity index (χ4n) is 1.76. The van der Waals surface area contributed by atoms with E-state index < -0.39 is 0 Å². The number of nitrogens with one attached hydrogen (secondary N) is 1. The van der Waals surface area contributed by atoms with Crippen LogP contribution in [-0.2, 0) is 4.79 Å². The Morgan fingerprint density at radius 1 is 1.54 bits per heavy atom. The minimum atomic E-state index is 0.142. The molecule has 0 saturated heterocycles. The highest BCUT2D eigenvalue weighted by molar-refractivity contribution is 6.17. The van der Waals surface area contributed by atoms with Crippen LogP contribution in [-0.4, -0.2) is 17.3 Å². The molecule has 0 aliphatic heterocycles. The Kier molecular flexibility index (Phi) is 4.04. The average molecular weight is 204 g/mol. The van der Waals surface area contributed by atoms with E-state index in [1.54, 1.807) is 0 Å². The molecule has 0 aromatic carbocycles. The first-order chi connectivity index (χ1) is 6.22. The summed E-state index contributed by atoms with van der Waals surface area (Å²) in [6.45, 7) is 2.14. The summed E-state index contributed by atoms with van der Waals surface area (Å²) in [4.78, 5) is 11.4. The van der Waals surface area contributed by atoms with Crippen molar-refractivity contribution in [1.29, 1.82) is 0 Å². The van der Waals surface area contributed by atoms with Gasteiger partial charge in [-0.15, -0.1) is 11.6 Å². The molecule has 1 fully saturated rings. The fourth-order valence-corrected chi connectivity index (χ4v) is 1.89. The molecule has 2 nitrogen and oxygen atoms in total. The highest BCUT2D eigenvalue weighted by Crippen LogP contribution is 2.34. The monoisotopic (exact) mass is 203 g/mol. The maximum absolute atomic E-state index is 11.4. The van der Waals surface area contributed by atoms with Gasteiger partial charge in [0.2, 0.25) is 5.91 Å². The molecular weight excluding hydrogens is 186 g/mol. The molecule has 0 spiro atoms. The highest BCUT2D eigenvalue weighted by Gasteiger charge is 2.35. The van der Waals surface area contributed by atoms with E-state index in [0.717, 1.165) is 25.7 Å². The smallest absolute Gasteiger partial charge is 0.220 e. The van der Waals surface area contributed by atoms with Crippen LogP contribution < -0.4 is 5.32 Å². The van der Waals surface area contributed by atoms with Crippen molar-refractivity contribution in [1.82, 2.24) is 5.32 Å². The van der Waals surface area contributed by atoms with Crippen LogP contribution in [0.5, 0.6) is 0 Å². The predicted octanol–water partition coefficient (Wildman–Crippen LogP) is 2.45. The molecule has 1 aliphatic rings. The Morgan fingerprint density at radius 2 is 2.23 bits per heavy atom. The van der Waals surface area contributed by atoms with E-state index in [1.165, 1.54) is 6.42 Å². The van der Waals surface area contributed by atoms with Gasteiger partial charge in [0.15, 0.2) is 0 Å². The lowest BCUT2D eigenvalue weighted by Gasteiger charge is -2.42. The van der Waals surface area contributed by atoms with Crippen LogP contribution in [0.3, 0.4) is 0 Å². The fraction of sp³-hybridized carbons (Fsp3) is 0.900. The second kappa shape index (κ2) is 4.85. The third kappa shape index (κ3) is 2.87. The Morgan fingerprint density at radius 3 is 2.62 bits per heavy atom. The van der Waals surface area contributed by atoms with Crippen LogP contribution in [0, 0.1) is 0 Å². The molecule has 1 saturated carbocycles. The third-order valence-electron chi connectivity index (χ3n) is 2.93. The van der Waals surface area contributed by atoms with Crippen LogP contribution in [0.4, 0.5) is 0 Å². The zero-order chi connectivity index (χ0) is 9.73. The topological polar surface area (TPSA) is 29.1 Å². The van der Waals surface area contributed by atoms with E-state index in [9.17, 15) is 4.79 Å². The van der Waals surface area contributed by atoms with Gasteiger partial charge in [-0.1, -0.05) is 6.92 Å². The zero-order valence-electron chi connectivity index (χ0n) is 8.24. The number of halogens is 1. The summed E-state index contributed by atoms with van der Waals surface area (Å²) in [5.41, 5.74) is 0.142. The molecule has 3 heteroatoms. The SMILES string of the molecule is CCC1(NC(=O)CCCCl)CCC1. The van der Waals surface area contributed by atoms with E-state index in [4.69, 9.17) is 11.6 Å². The Hall–Kier alpha value is -0.240. The molecular formula is C10H18ClNO. The molecule has 0 aromatic rings. The van der Waals surface area contributed by atoms with Crippen LogP contribution >= 0.6 is 11.6 Å². The molecule has 0 bridgehead atoms. The van der Waals surface area contributed by atoms with Crippen LogP contribution in [0.2, 0.25) is 0 Å². The van der Waals surface area contributed by atoms with Crippen molar-refractivity contribution in [3.05, 3.63) is 0 Å². The summed E-state index contributed by atoms with van der Waals surface area (Å²) in [6.07, 6.45) is 5.97. The van der Waals surface area contributed by atoms with Crippen molar-refractivity contribution in [2.24, 2.45) is 0 Å². The van der Waals surface area contributed by atoms with Crippen molar-refractivity contribution in [2.75, 3.05) is 5.88 Å². The number of hydrogen-bond donors (Lipinski definition) is 1. The Balaban J connectivity index is 2.25. The first-order valence-electron chi connectivity index (χ1n) is 5.09. The van der Waals surface area contributed by atoms with Crippen molar-refractivity contribution in [3.63, 3.8) is 0 Å². The number of rotatable bonds is 5. The molecule has 1 N–H and O–H groups in total. The van der Waals surface area contributed by atoms with Crippen molar-refractivity contribution >= 4 is 17.5 Å². The molecule has 1 rings (SSSR count). The van der Waals surface area contributed by atoms with Gasteiger partial charge in [-0.2, -0.15) is 0 Å². The standard InChI is InChI=1S/C10H18ClNO/c1-2-10(6-4-7-10)12-9(13)5-3-8-11/h2-8H2,1H3,(H,12,13). The molecule has 1 aliphatic carbocycles. The lowest BCUT2D eigenvalue weighted by molar-refractivity contribution is -0.124. The normalized spacial score (nSPS) is 19.2. The van der Waals surface area contributed by atoms with Gasteiger partial charge in [-0.05, 0) is 32.1 Å². The highest BCUT2D eigenvalue weighted by atomic mass is 35.5. The van der Waals surface area contributed by atoms with Gasteiger partial charge < -0.3 is 5.32 Å². The van der Waals surface area contributed by atoms with Gasteiger partial charge in [-0.3, -0.25) is 4.79 Å². The number of carbonyl (C=O) groups is 1. The average Bonchev–Trinajstić information content (AvgIpc) is 2.08. The molecule has 0 aromatic heterocycles. The lowest BCUT2D eigenvalue weighted by atomic mass is 9.75. The molecule has 0 radical (unpaired) electrons. The van der Waals surface area contributed by atoms with Gasteiger partial charge >= 0.3 is 0 Å². The van der Waals surface area contributed by atoms with Crippen molar-refractivity contribution in [2.45, 2.75) is 51.0 Å². The van der Waals surface area contributed by atoms with Crippen LogP contribution in [0.25, 0.3) is 0 Å². The van der Waals surface area contributed by atoms with Gasteiger partial charge in [0.25, 0.3) is 0 Å². The number of hydrogen-bond acceptors (Lipinski definition) is 1. The predicted molar refractivity (Wildman–Crippen MR) is 55.0 cm³/mol. The maximum Gasteiger partial charge on any atom is 0.220 e. The van der Waals surface area contributed by atoms with Crippen molar-refractivity contribution in [3.8, 4) is 0 Å². The Labute approximate surface area is 85.0 Å². The lowest BCUT2D eigenvalue weighted by Crippen LogP contribution is -2.52. The molecule has 0 atom stereocenters. The summed E-state index contributed by atoms with van der Waals surface area (Å²) in [5.74, 6) is 0.745. The minimum Gasteiger partial charge on any atom is -0.351 e. The quantitative estimate of drug-likeness (QED) is 0.684. The van der Waals surface area contributed by atoms with Crippen LogP contribution in [0.1, 0.15) is 45.4 Å². The first-order valence-corrected chi connectivity index (χ1v) is 5.63. The number of carbonyl (C=O) groups excluding carboxylic acids is 1. The molecule has 0 heterocycles. The summed E-state index contributed by atoms with van der Waals surface area (Å²) in [5, 5.41) is 3.12. The van der Waals surface area contributed by atoms with E-state index in [-0.39, 0.29) is 11.4 Å².